The van der Waals surface area contributed by atoms with E-state index in [2.05, 4.69) is 57.3 Å². The highest BCUT2D eigenvalue weighted by Crippen LogP contribution is 2.07. The van der Waals surface area contributed by atoms with E-state index in [1.54, 1.807) is 0 Å². The Labute approximate surface area is 100 Å². The first-order chi connectivity index (χ1) is 7.58. The molecule has 1 rings (SSSR count). The zero-order chi connectivity index (χ0) is 12.0. The van der Waals surface area contributed by atoms with Crippen LogP contribution in [0.15, 0.2) is 24.3 Å². The summed E-state index contributed by atoms with van der Waals surface area (Å²) in [6.45, 7) is 10.0. The summed E-state index contributed by atoms with van der Waals surface area (Å²) in [7, 11) is 0. The molecule has 1 atom stereocenters. The molecule has 1 unspecified atom stereocenters. The van der Waals surface area contributed by atoms with E-state index in [9.17, 15) is 0 Å². The Kier molecular flexibility index (Phi) is 5.54. The van der Waals surface area contributed by atoms with E-state index < -0.39 is 0 Å². The molecular formula is C15H25N. The van der Waals surface area contributed by atoms with Gasteiger partial charge in [-0.05, 0) is 44.7 Å². The molecule has 0 saturated heterocycles. The fraction of sp³-hybridized carbons (Fsp3) is 0.600. The minimum Gasteiger partial charge on any atom is -0.314 e. The highest BCUT2D eigenvalue weighted by Gasteiger charge is 2.02. The van der Waals surface area contributed by atoms with Gasteiger partial charge in [0.2, 0.25) is 0 Å². The van der Waals surface area contributed by atoms with E-state index in [1.165, 1.54) is 24.0 Å². The molecule has 0 aliphatic rings. The molecule has 0 heterocycles. The topological polar surface area (TPSA) is 12.0 Å². The van der Waals surface area contributed by atoms with Crippen LogP contribution >= 0.6 is 0 Å². The van der Waals surface area contributed by atoms with Crippen molar-refractivity contribution < 1.29 is 0 Å². The minimum absolute atomic E-state index is 0.615. The second-order valence-corrected chi connectivity index (χ2v) is 5.23. The molecule has 0 amide bonds. The Bertz CT molecular complexity index is 287. The van der Waals surface area contributed by atoms with E-state index in [4.69, 9.17) is 0 Å². The Morgan fingerprint density at radius 2 is 1.69 bits per heavy atom. The van der Waals surface area contributed by atoms with Crippen LogP contribution in [0, 0.1) is 12.8 Å². The van der Waals surface area contributed by atoms with Gasteiger partial charge >= 0.3 is 0 Å². The standard InChI is InChI=1S/C15H25N/c1-12(2)11-16-14(4)7-10-15-8-5-13(3)6-9-15/h5-6,8-9,12,14,16H,7,10-11H2,1-4H3. The van der Waals surface area contributed by atoms with Gasteiger partial charge in [0.25, 0.3) is 0 Å². The first-order valence-corrected chi connectivity index (χ1v) is 6.37. The average Bonchev–Trinajstić information content (AvgIpc) is 2.25. The summed E-state index contributed by atoms with van der Waals surface area (Å²) >= 11 is 0. The molecule has 0 fully saturated rings. The zero-order valence-electron chi connectivity index (χ0n) is 11.1. The van der Waals surface area contributed by atoms with Crippen molar-refractivity contribution in [1.82, 2.24) is 5.32 Å². The van der Waals surface area contributed by atoms with E-state index in [-0.39, 0.29) is 0 Å². The number of nitrogens with one attached hydrogen (secondary N) is 1. The minimum atomic E-state index is 0.615. The van der Waals surface area contributed by atoms with Gasteiger partial charge in [-0.25, -0.2) is 0 Å². The Morgan fingerprint density at radius 3 is 2.25 bits per heavy atom. The predicted molar refractivity (Wildman–Crippen MR) is 71.8 cm³/mol. The average molecular weight is 219 g/mol. The molecule has 0 bridgehead atoms. The van der Waals surface area contributed by atoms with Gasteiger partial charge in [0, 0.05) is 6.04 Å². The van der Waals surface area contributed by atoms with Gasteiger partial charge in [0.05, 0.1) is 0 Å². The zero-order valence-corrected chi connectivity index (χ0v) is 11.1. The lowest BCUT2D eigenvalue weighted by molar-refractivity contribution is 0.464. The second-order valence-electron chi connectivity index (χ2n) is 5.23. The summed E-state index contributed by atoms with van der Waals surface area (Å²) in [5.74, 6) is 0.738. The van der Waals surface area contributed by atoms with Gasteiger partial charge in [-0.3, -0.25) is 0 Å². The number of benzene rings is 1. The molecule has 1 aromatic carbocycles. The van der Waals surface area contributed by atoms with Crippen LogP contribution in [0.1, 0.15) is 38.3 Å². The van der Waals surface area contributed by atoms with Gasteiger partial charge in [-0.2, -0.15) is 0 Å². The SMILES string of the molecule is Cc1ccc(CCC(C)NCC(C)C)cc1. The molecule has 0 spiro atoms. The summed E-state index contributed by atoms with van der Waals surface area (Å²) in [6.07, 6.45) is 2.39. The van der Waals surface area contributed by atoms with Gasteiger partial charge < -0.3 is 5.32 Å². The molecule has 16 heavy (non-hydrogen) atoms. The highest BCUT2D eigenvalue weighted by molar-refractivity contribution is 5.21. The van der Waals surface area contributed by atoms with Crippen LogP contribution < -0.4 is 5.32 Å². The van der Waals surface area contributed by atoms with Gasteiger partial charge in [-0.1, -0.05) is 43.7 Å². The predicted octanol–water partition coefficient (Wildman–Crippen LogP) is 3.56. The molecule has 1 heteroatoms. The number of aryl methyl sites for hydroxylation is 2. The Balaban J connectivity index is 2.26. The molecule has 0 radical (unpaired) electrons. The number of rotatable bonds is 6. The van der Waals surface area contributed by atoms with Crippen LogP contribution in [0.3, 0.4) is 0 Å². The van der Waals surface area contributed by atoms with E-state index in [1.807, 2.05) is 0 Å². The molecule has 0 aromatic heterocycles. The maximum atomic E-state index is 3.56. The Hall–Kier alpha value is -0.820. The lowest BCUT2D eigenvalue weighted by Gasteiger charge is -2.15. The first-order valence-electron chi connectivity index (χ1n) is 6.37. The smallest absolute Gasteiger partial charge is 0.00420 e. The maximum Gasteiger partial charge on any atom is 0.00420 e. The van der Waals surface area contributed by atoms with Crippen molar-refractivity contribution in [2.75, 3.05) is 6.54 Å². The summed E-state index contributed by atoms with van der Waals surface area (Å²) in [5.41, 5.74) is 2.79. The number of hydrogen-bond acceptors (Lipinski definition) is 1. The maximum absolute atomic E-state index is 3.56. The van der Waals surface area contributed by atoms with E-state index >= 15 is 0 Å². The molecule has 0 saturated carbocycles. The van der Waals surface area contributed by atoms with Crippen LogP contribution in [0.25, 0.3) is 0 Å². The van der Waals surface area contributed by atoms with Crippen molar-refractivity contribution in [1.29, 1.82) is 0 Å². The Morgan fingerprint density at radius 1 is 1.06 bits per heavy atom. The first kappa shape index (κ1) is 13.2. The molecule has 1 aromatic rings. The van der Waals surface area contributed by atoms with Crippen LogP contribution in [-0.2, 0) is 6.42 Å². The van der Waals surface area contributed by atoms with Crippen LogP contribution in [0.5, 0.6) is 0 Å². The van der Waals surface area contributed by atoms with Crippen LogP contribution in [-0.4, -0.2) is 12.6 Å². The van der Waals surface area contributed by atoms with Crippen molar-refractivity contribution in [3.8, 4) is 0 Å². The monoisotopic (exact) mass is 219 g/mol. The molecule has 1 N–H and O–H groups in total. The molecule has 0 aliphatic heterocycles. The van der Waals surface area contributed by atoms with Crippen molar-refractivity contribution >= 4 is 0 Å². The quantitative estimate of drug-likeness (QED) is 0.771. The lowest BCUT2D eigenvalue weighted by atomic mass is 10.0. The molecule has 1 nitrogen and oxygen atoms in total. The highest BCUT2D eigenvalue weighted by atomic mass is 14.9. The van der Waals surface area contributed by atoms with Crippen molar-refractivity contribution in [3.63, 3.8) is 0 Å². The summed E-state index contributed by atoms with van der Waals surface area (Å²) < 4.78 is 0. The molecule has 90 valence electrons. The summed E-state index contributed by atoms with van der Waals surface area (Å²) in [6, 6.07) is 9.49. The van der Waals surface area contributed by atoms with Crippen LogP contribution in [0.2, 0.25) is 0 Å². The number of hydrogen-bond donors (Lipinski definition) is 1. The summed E-state index contributed by atoms with van der Waals surface area (Å²) in [5, 5.41) is 3.56. The largest absolute Gasteiger partial charge is 0.314 e. The third-order valence-electron chi connectivity index (χ3n) is 2.86. The molecule has 0 aliphatic carbocycles. The van der Waals surface area contributed by atoms with Crippen molar-refractivity contribution in [3.05, 3.63) is 35.4 Å². The van der Waals surface area contributed by atoms with Crippen molar-refractivity contribution in [2.24, 2.45) is 5.92 Å². The van der Waals surface area contributed by atoms with E-state index in [0.29, 0.717) is 6.04 Å². The normalized spacial score (nSPS) is 13.1. The third kappa shape index (κ3) is 5.32. The summed E-state index contributed by atoms with van der Waals surface area (Å²) in [4.78, 5) is 0. The fourth-order valence-electron chi connectivity index (χ4n) is 1.68. The molecular weight excluding hydrogens is 194 g/mol. The fourth-order valence-corrected chi connectivity index (χ4v) is 1.68. The van der Waals surface area contributed by atoms with Crippen LogP contribution in [0.4, 0.5) is 0 Å². The second kappa shape index (κ2) is 6.70. The van der Waals surface area contributed by atoms with Gasteiger partial charge in [0.1, 0.15) is 0 Å². The van der Waals surface area contributed by atoms with Gasteiger partial charge in [0.15, 0.2) is 0 Å². The third-order valence-corrected chi connectivity index (χ3v) is 2.86. The van der Waals surface area contributed by atoms with E-state index in [0.717, 1.165) is 12.5 Å². The van der Waals surface area contributed by atoms with Gasteiger partial charge in [-0.15, -0.1) is 0 Å². The van der Waals surface area contributed by atoms with Crippen molar-refractivity contribution in [2.45, 2.75) is 46.6 Å². The lowest BCUT2D eigenvalue weighted by Crippen LogP contribution is -2.29.